The van der Waals surface area contributed by atoms with Gasteiger partial charge in [0.15, 0.2) is 6.61 Å². The molecule has 120 valence electrons. The van der Waals surface area contributed by atoms with Gasteiger partial charge in [0.2, 0.25) is 0 Å². The number of benzene rings is 2. The van der Waals surface area contributed by atoms with Crippen molar-refractivity contribution in [1.82, 2.24) is 5.32 Å². The van der Waals surface area contributed by atoms with Crippen molar-refractivity contribution in [2.75, 3.05) is 6.61 Å². The maximum absolute atomic E-state index is 12.0. The van der Waals surface area contributed by atoms with E-state index in [1.54, 1.807) is 6.07 Å². The Balaban J connectivity index is 1.84. The Labute approximate surface area is 136 Å². The van der Waals surface area contributed by atoms with Gasteiger partial charge in [-0.2, -0.15) is 0 Å². The molecule has 4 heteroatoms. The predicted octanol–water partition coefficient (Wildman–Crippen LogP) is 3.09. The topological polar surface area (TPSA) is 55.4 Å². The van der Waals surface area contributed by atoms with E-state index >= 15 is 0 Å². The SMILES string of the molecule is Cc1ccc(C(=O)OCC(=O)NCc2ccccc2C)c(C)c1. The van der Waals surface area contributed by atoms with Crippen LogP contribution in [-0.2, 0) is 16.1 Å². The number of rotatable bonds is 5. The van der Waals surface area contributed by atoms with E-state index in [9.17, 15) is 9.59 Å². The van der Waals surface area contributed by atoms with Crippen molar-refractivity contribution >= 4 is 11.9 Å². The summed E-state index contributed by atoms with van der Waals surface area (Å²) in [6.45, 7) is 5.94. The number of carbonyl (C=O) groups excluding carboxylic acids is 2. The third kappa shape index (κ3) is 4.68. The molecule has 1 amide bonds. The summed E-state index contributed by atoms with van der Waals surface area (Å²) in [5.74, 6) is -0.792. The average Bonchev–Trinajstić information content (AvgIpc) is 2.52. The van der Waals surface area contributed by atoms with E-state index in [0.29, 0.717) is 12.1 Å². The Morgan fingerprint density at radius 1 is 1.00 bits per heavy atom. The second kappa shape index (κ2) is 7.58. The molecule has 0 unspecified atom stereocenters. The first-order valence-corrected chi connectivity index (χ1v) is 7.53. The Morgan fingerprint density at radius 2 is 1.74 bits per heavy atom. The number of esters is 1. The second-order valence-corrected chi connectivity index (χ2v) is 5.60. The largest absolute Gasteiger partial charge is 0.452 e. The maximum atomic E-state index is 12.0. The smallest absolute Gasteiger partial charge is 0.338 e. The number of hydrogen-bond acceptors (Lipinski definition) is 3. The van der Waals surface area contributed by atoms with Gasteiger partial charge in [-0.1, -0.05) is 42.0 Å². The van der Waals surface area contributed by atoms with Crippen LogP contribution in [0.3, 0.4) is 0 Å². The van der Waals surface area contributed by atoms with Crippen molar-refractivity contribution in [2.24, 2.45) is 0 Å². The van der Waals surface area contributed by atoms with E-state index in [4.69, 9.17) is 4.74 Å². The third-order valence-electron chi connectivity index (χ3n) is 3.67. The van der Waals surface area contributed by atoms with Crippen molar-refractivity contribution in [3.63, 3.8) is 0 Å². The molecule has 0 heterocycles. The Bertz CT molecular complexity index is 722. The molecule has 0 spiro atoms. The molecular weight excluding hydrogens is 290 g/mol. The molecule has 2 aromatic carbocycles. The summed E-state index contributed by atoms with van der Waals surface area (Å²) in [7, 11) is 0. The summed E-state index contributed by atoms with van der Waals surface area (Å²) in [5.41, 5.74) is 4.56. The summed E-state index contributed by atoms with van der Waals surface area (Å²) in [6.07, 6.45) is 0. The number of carbonyl (C=O) groups is 2. The van der Waals surface area contributed by atoms with Crippen LogP contribution in [0.15, 0.2) is 42.5 Å². The minimum Gasteiger partial charge on any atom is -0.452 e. The van der Waals surface area contributed by atoms with Gasteiger partial charge in [-0.3, -0.25) is 4.79 Å². The summed E-state index contributed by atoms with van der Waals surface area (Å²) >= 11 is 0. The predicted molar refractivity (Wildman–Crippen MR) is 89.2 cm³/mol. The van der Waals surface area contributed by atoms with Gasteiger partial charge in [0.05, 0.1) is 5.56 Å². The van der Waals surface area contributed by atoms with E-state index in [0.717, 1.165) is 22.3 Å². The lowest BCUT2D eigenvalue weighted by atomic mass is 10.1. The van der Waals surface area contributed by atoms with Gasteiger partial charge in [-0.05, 0) is 43.5 Å². The van der Waals surface area contributed by atoms with Gasteiger partial charge in [0.25, 0.3) is 5.91 Å². The number of amides is 1. The van der Waals surface area contributed by atoms with E-state index in [1.165, 1.54) is 0 Å². The zero-order valence-corrected chi connectivity index (χ0v) is 13.7. The van der Waals surface area contributed by atoms with Crippen molar-refractivity contribution < 1.29 is 14.3 Å². The first kappa shape index (κ1) is 16.7. The zero-order valence-electron chi connectivity index (χ0n) is 13.7. The van der Waals surface area contributed by atoms with Crippen LogP contribution in [0.1, 0.15) is 32.6 Å². The second-order valence-electron chi connectivity index (χ2n) is 5.60. The fourth-order valence-electron chi connectivity index (χ4n) is 2.30. The highest BCUT2D eigenvalue weighted by atomic mass is 16.5. The maximum Gasteiger partial charge on any atom is 0.338 e. The minimum atomic E-state index is -0.478. The number of aryl methyl sites for hydroxylation is 3. The molecule has 0 atom stereocenters. The molecule has 0 saturated carbocycles. The molecule has 0 radical (unpaired) electrons. The molecule has 0 saturated heterocycles. The van der Waals surface area contributed by atoms with Gasteiger partial charge < -0.3 is 10.1 Å². The van der Waals surface area contributed by atoms with Crippen molar-refractivity contribution in [3.05, 3.63) is 70.3 Å². The first-order chi connectivity index (χ1) is 11.0. The first-order valence-electron chi connectivity index (χ1n) is 7.53. The van der Waals surface area contributed by atoms with Crippen LogP contribution in [0.4, 0.5) is 0 Å². The quantitative estimate of drug-likeness (QED) is 0.863. The lowest BCUT2D eigenvalue weighted by Crippen LogP contribution is -2.28. The normalized spacial score (nSPS) is 10.2. The van der Waals surface area contributed by atoms with Gasteiger partial charge in [-0.15, -0.1) is 0 Å². The summed E-state index contributed by atoms with van der Waals surface area (Å²) < 4.78 is 5.08. The molecule has 0 fully saturated rings. The highest BCUT2D eigenvalue weighted by molar-refractivity contribution is 5.92. The lowest BCUT2D eigenvalue weighted by Gasteiger charge is -2.09. The molecule has 1 N–H and O–H groups in total. The lowest BCUT2D eigenvalue weighted by molar-refractivity contribution is -0.124. The molecule has 0 aliphatic rings. The monoisotopic (exact) mass is 311 g/mol. The van der Waals surface area contributed by atoms with Crippen LogP contribution in [0.5, 0.6) is 0 Å². The Kier molecular flexibility index (Phi) is 5.52. The van der Waals surface area contributed by atoms with E-state index in [1.807, 2.05) is 57.2 Å². The van der Waals surface area contributed by atoms with Gasteiger partial charge in [0, 0.05) is 6.54 Å². The van der Waals surface area contributed by atoms with Gasteiger partial charge >= 0.3 is 5.97 Å². The van der Waals surface area contributed by atoms with Crippen LogP contribution in [0.2, 0.25) is 0 Å². The Hall–Kier alpha value is -2.62. The van der Waals surface area contributed by atoms with E-state index in [-0.39, 0.29) is 12.5 Å². The number of ether oxygens (including phenoxy) is 1. The third-order valence-corrected chi connectivity index (χ3v) is 3.67. The van der Waals surface area contributed by atoms with Crippen molar-refractivity contribution in [3.8, 4) is 0 Å². The summed E-state index contributed by atoms with van der Waals surface area (Å²) in [4.78, 5) is 23.8. The Morgan fingerprint density at radius 3 is 2.43 bits per heavy atom. The van der Waals surface area contributed by atoms with Crippen molar-refractivity contribution in [2.45, 2.75) is 27.3 Å². The minimum absolute atomic E-state index is 0.280. The molecule has 4 nitrogen and oxygen atoms in total. The standard InChI is InChI=1S/C19H21NO3/c1-13-8-9-17(15(3)10-13)19(22)23-12-18(21)20-11-16-7-5-4-6-14(16)2/h4-10H,11-12H2,1-3H3,(H,20,21). The highest BCUT2D eigenvalue weighted by Gasteiger charge is 2.12. The van der Waals surface area contributed by atoms with Crippen LogP contribution >= 0.6 is 0 Å². The molecule has 0 bridgehead atoms. The van der Waals surface area contributed by atoms with Crippen molar-refractivity contribution in [1.29, 1.82) is 0 Å². The zero-order chi connectivity index (χ0) is 16.8. The van der Waals surface area contributed by atoms with Gasteiger partial charge in [0.1, 0.15) is 0 Å². The molecule has 2 rings (SSSR count). The summed E-state index contributed by atoms with van der Waals surface area (Å²) in [6, 6.07) is 13.3. The molecule has 23 heavy (non-hydrogen) atoms. The molecule has 2 aromatic rings. The molecular formula is C19H21NO3. The molecule has 0 aromatic heterocycles. The summed E-state index contributed by atoms with van der Waals surface area (Å²) in [5, 5.41) is 2.75. The highest BCUT2D eigenvalue weighted by Crippen LogP contribution is 2.11. The molecule has 0 aliphatic carbocycles. The number of nitrogens with one attached hydrogen (secondary N) is 1. The number of hydrogen-bond donors (Lipinski definition) is 1. The van der Waals surface area contributed by atoms with Crippen LogP contribution in [-0.4, -0.2) is 18.5 Å². The fraction of sp³-hybridized carbons (Fsp3) is 0.263. The van der Waals surface area contributed by atoms with Crippen LogP contribution in [0, 0.1) is 20.8 Å². The van der Waals surface area contributed by atoms with E-state index in [2.05, 4.69) is 5.32 Å². The fourth-order valence-corrected chi connectivity index (χ4v) is 2.30. The average molecular weight is 311 g/mol. The van der Waals surface area contributed by atoms with Crippen LogP contribution in [0.25, 0.3) is 0 Å². The molecule has 0 aliphatic heterocycles. The van der Waals surface area contributed by atoms with Gasteiger partial charge in [-0.25, -0.2) is 4.79 Å². The van der Waals surface area contributed by atoms with Crippen LogP contribution < -0.4 is 5.32 Å². The van der Waals surface area contributed by atoms with E-state index < -0.39 is 5.97 Å².